The fourth-order valence-corrected chi connectivity index (χ4v) is 2.42. The van der Waals surface area contributed by atoms with Crippen molar-refractivity contribution in [2.24, 2.45) is 0 Å². The van der Waals surface area contributed by atoms with E-state index < -0.39 is 0 Å². The van der Waals surface area contributed by atoms with Crippen LogP contribution in [0.15, 0.2) is 35.4 Å². The molecule has 1 aliphatic rings. The number of carbonyl (C=O) groups excluding carboxylic acids is 1. The average Bonchev–Trinajstić information content (AvgIpc) is 2.34. The Labute approximate surface area is 119 Å². The normalized spacial score (nSPS) is 15.7. The molecule has 1 saturated heterocycles. The van der Waals surface area contributed by atoms with Crippen LogP contribution in [-0.2, 0) is 4.79 Å². The fraction of sp³-hybridized carbons (Fsp3) is 0.400. The Bertz CT molecular complexity index is 519. The third-order valence-corrected chi connectivity index (χ3v) is 4.13. The second kappa shape index (κ2) is 5.76. The minimum Gasteiger partial charge on any atom is -0.335 e. The van der Waals surface area contributed by atoms with Crippen LogP contribution >= 0.6 is 11.6 Å². The highest BCUT2D eigenvalue weighted by molar-refractivity contribution is 6.31. The predicted octanol–water partition coefficient (Wildman–Crippen LogP) is 2.78. The lowest BCUT2D eigenvalue weighted by Gasteiger charge is -2.29. The van der Waals surface area contributed by atoms with Crippen molar-refractivity contribution in [1.82, 2.24) is 10.2 Å². The molecule has 0 bridgehead atoms. The van der Waals surface area contributed by atoms with E-state index in [1.54, 1.807) is 4.90 Å². The van der Waals surface area contributed by atoms with Crippen molar-refractivity contribution in [3.8, 4) is 0 Å². The van der Waals surface area contributed by atoms with E-state index in [0.29, 0.717) is 5.02 Å². The third-order valence-electron chi connectivity index (χ3n) is 3.78. The number of hydrogen-bond acceptors (Lipinski definition) is 2. The SMILES string of the molecule is CC(C(=O)N(C)C(C)c1ccccc1Cl)=C1CNC1. The molecule has 4 heteroatoms. The molecule has 1 aromatic carbocycles. The van der Waals surface area contributed by atoms with Gasteiger partial charge in [-0.3, -0.25) is 4.79 Å². The van der Waals surface area contributed by atoms with Gasteiger partial charge in [0, 0.05) is 30.7 Å². The van der Waals surface area contributed by atoms with Crippen LogP contribution in [0.5, 0.6) is 0 Å². The Morgan fingerprint density at radius 1 is 1.37 bits per heavy atom. The Hall–Kier alpha value is -1.32. The summed E-state index contributed by atoms with van der Waals surface area (Å²) in [5.41, 5.74) is 3.02. The standard InChI is InChI=1S/C15H19ClN2O/c1-10(12-8-17-9-12)15(19)18(3)11(2)13-6-4-5-7-14(13)16/h4-7,11,17H,8-9H2,1-3H3. The highest BCUT2D eigenvalue weighted by Crippen LogP contribution is 2.27. The third kappa shape index (κ3) is 2.82. The topological polar surface area (TPSA) is 32.3 Å². The zero-order valence-corrected chi connectivity index (χ0v) is 12.3. The summed E-state index contributed by atoms with van der Waals surface area (Å²) in [4.78, 5) is 14.2. The lowest BCUT2D eigenvalue weighted by atomic mass is 10.0. The molecule has 1 unspecified atom stereocenters. The molecule has 2 rings (SSSR count). The monoisotopic (exact) mass is 278 g/mol. The van der Waals surface area contributed by atoms with Gasteiger partial charge in [-0.15, -0.1) is 0 Å². The van der Waals surface area contributed by atoms with Crippen molar-refractivity contribution in [3.63, 3.8) is 0 Å². The highest BCUT2D eigenvalue weighted by Gasteiger charge is 2.23. The number of carbonyl (C=O) groups is 1. The second-order valence-electron chi connectivity index (χ2n) is 4.95. The largest absolute Gasteiger partial charge is 0.335 e. The van der Waals surface area contributed by atoms with E-state index >= 15 is 0 Å². The van der Waals surface area contributed by atoms with Crippen molar-refractivity contribution >= 4 is 17.5 Å². The van der Waals surface area contributed by atoms with Gasteiger partial charge in [0.05, 0.1) is 6.04 Å². The number of rotatable bonds is 3. The Balaban J connectivity index is 2.17. The van der Waals surface area contributed by atoms with Gasteiger partial charge in [0.25, 0.3) is 0 Å². The summed E-state index contributed by atoms with van der Waals surface area (Å²) in [7, 11) is 1.83. The molecule has 0 aliphatic carbocycles. The van der Waals surface area contributed by atoms with Crippen LogP contribution in [-0.4, -0.2) is 30.9 Å². The van der Waals surface area contributed by atoms with Gasteiger partial charge in [-0.25, -0.2) is 0 Å². The zero-order chi connectivity index (χ0) is 14.0. The Morgan fingerprint density at radius 3 is 2.53 bits per heavy atom. The Kier molecular flexibility index (Phi) is 4.27. The first-order chi connectivity index (χ1) is 9.02. The molecule has 19 heavy (non-hydrogen) atoms. The molecule has 1 fully saturated rings. The lowest BCUT2D eigenvalue weighted by Crippen LogP contribution is -2.38. The number of amides is 1. The fourth-order valence-electron chi connectivity index (χ4n) is 2.13. The van der Waals surface area contributed by atoms with E-state index in [1.165, 1.54) is 5.57 Å². The first-order valence-corrected chi connectivity index (χ1v) is 6.81. The Morgan fingerprint density at radius 2 is 2.00 bits per heavy atom. The van der Waals surface area contributed by atoms with E-state index in [0.717, 1.165) is 24.2 Å². The molecule has 1 aliphatic heterocycles. The van der Waals surface area contributed by atoms with Crippen molar-refractivity contribution < 1.29 is 4.79 Å². The summed E-state index contributed by atoms with van der Waals surface area (Å²) >= 11 is 6.19. The quantitative estimate of drug-likeness (QED) is 0.863. The van der Waals surface area contributed by atoms with Gasteiger partial charge in [0.1, 0.15) is 0 Å². The van der Waals surface area contributed by atoms with Crippen LogP contribution in [0.3, 0.4) is 0 Å². The molecule has 0 aromatic heterocycles. The van der Waals surface area contributed by atoms with Crippen molar-refractivity contribution in [1.29, 1.82) is 0 Å². The molecule has 102 valence electrons. The van der Waals surface area contributed by atoms with Crippen LogP contribution in [0.4, 0.5) is 0 Å². The van der Waals surface area contributed by atoms with Gasteiger partial charge in [-0.1, -0.05) is 29.8 Å². The minimum atomic E-state index is -0.0372. The summed E-state index contributed by atoms with van der Waals surface area (Å²) in [5.74, 6) is 0.0731. The zero-order valence-electron chi connectivity index (χ0n) is 11.5. The van der Waals surface area contributed by atoms with Crippen LogP contribution < -0.4 is 5.32 Å². The van der Waals surface area contributed by atoms with Gasteiger partial charge in [0.2, 0.25) is 5.91 Å². The molecule has 0 saturated carbocycles. The molecule has 3 nitrogen and oxygen atoms in total. The van der Waals surface area contributed by atoms with Gasteiger partial charge in [-0.05, 0) is 31.1 Å². The summed E-state index contributed by atoms with van der Waals surface area (Å²) in [6, 6.07) is 7.62. The second-order valence-corrected chi connectivity index (χ2v) is 5.35. The summed E-state index contributed by atoms with van der Waals surface area (Å²) in [5, 5.41) is 3.86. The van der Waals surface area contributed by atoms with Crippen LogP contribution in [0.1, 0.15) is 25.5 Å². The first kappa shape index (κ1) is 14.1. The lowest BCUT2D eigenvalue weighted by molar-refractivity contribution is -0.127. The number of benzene rings is 1. The van der Waals surface area contributed by atoms with Crippen LogP contribution in [0.2, 0.25) is 5.02 Å². The number of halogens is 1. The minimum absolute atomic E-state index is 0.0372. The highest BCUT2D eigenvalue weighted by atomic mass is 35.5. The molecule has 1 heterocycles. The molecule has 0 spiro atoms. The summed E-state index contributed by atoms with van der Waals surface area (Å²) in [6.07, 6.45) is 0. The summed E-state index contributed by atoms with van der Waals surface area (Å²) in [6.45, 7) is 5.54. The summed E-state index contributed by atoms with van der Waals surface area (Å²) < 4.78 is 0. The maximum Gasteiger partial charge on any atom is 0.249 e. The smallest absolute Gasteiger partial charge is 0.249 e. The van der Waals surface area contributed by atoms with Gasteiger partial charge < -0.3 is 10.2 Å². The molecular weight excluding hydrogens is 260 g/mol. The van der Waals surface area contributed by atoms with Crippen molar-refractivity contribution in [3.05, 3.63) is 46.0 Å². The van der Waals surface area contributed by atoms with Crippen molar-refractivity contribution in [2.75, 3.05) is 20.1 Å². The van der Waals surface area contributed by atoms with E-state index in [1.807, 2.05) is 45.2 Å². The van der Waals surface area contributed by atoms with Gasteiger partial charge in [-0.2, -0.15) is 0 Å². The number of nitrogens with zero attached hydrogens (tertiary/aromatic N) is 1. The van der Waals surface area contributed by atoms with E-state index in [4.69, 9.17) is 11.6 Å². The molecular formula is C15H19ClN2O. The predicted molar refractivity (Wildman–Crippen MR) is 78.2 cm³/mol. The van der Waals surface area contributed by atoms with Gasteiger partial charge in [0.15, 0.2) is 0 Å². The maximum atomic E-state index is 12.4. The molecule has 1 atom stereocenters. The van der Waals surface area contributed by atoms with Crippen molar-refractivity contribution in [2.45, 2.75) is 19.9 Å². The molecule has 0 radical (unpaired) electrons. The molecule has 1 aromatic rings. The van der Waals surface area contributed by atoms with E-state index in [-0.39, 0.29) is 11.9 Å². The van der Waals surface area contributed by atoms with E-state index in [9.17, 15) is 4.79 Å². The number of hydrogen-bond donors (Lipinski definition) is 1. The number of nitrogens with one attached hydrogen (secondary N) is 1. The van der Waals surface area contributed by atoms with Gasteiger partial charge >= 0.3 is 0 Å². The first-order valence-electron chi connectivity index (χ1n) is 6.43. The molecule has 1 N–H and O–H groups in total. The number of likely N-dealkylation sites (N-methyl/N-ethyl adjacent to an activating group) is 1. The average molecular weight is 279 g/mol. The van der Waals surface area contributed by atoms with Crippen LogP contribution in [0.25, 0.3) is 0 Å². The van der Waals surface area contributed by atoms with Crippen LogP contribution in [0, 0.1) is 0 Å². The van der Waals surface area contributed by atoms with E-state index in [2.05, 4.69) is 5.32 Å². The molecule has 1 amide bonds. The maximum absolute atomic E-state index is 12.4.